The van der Waals surface area contributed by atoms with Crippen LogP contribution in [0.2, 0.25) is 5.02 Å². The standard InChI is InChI=1S/C16H25ClN2O/c1-12(2)10-19(11-13(3)4)16(20)18-9-14-7-5-6-8-15(14)17/h5-8,12-13H,9-11H2,1-4H3,(H,18,20). The lowest BCUT2D eigenvalue weighted by Gasteiger charge is -2.26. The summed E-state index contributed by atoms with van der Waals surface area (Å²) in [7, 11) is 0. The molecule has 0 heterocycles. The van der Waals surface area contributed by atoms with E-state index in [4.69, 9.17) is 11.6 Å². The highest BCUT2D eigenvalue weighted by Crippen LogP contribution is 2.14. The number of rotatable bonds is 6. The van der Waals surface area contributed by atoms with Crippen LogP contribution in [0.5, 0.6) is 0 Å². The molecule has 112 valence electrons. The smallest absolute Gasteiger partial charge is 0.317 e. The van der Waals surface area contributed by atoms with E-state index in [0.717, 1.165) is 18.7 Å². The first-order chi connectivity index (χ1) is 9.40. The van der Waals surface area contributed by atoms with Crippen LogP contribution in [0.3, 0.4) is 0 Å². The molecule has 3 nitrogen and oxygen atoms in total. The molecule has 0 atom stereocenters. The minimum absolute atomic E-state index is 0.0210. The van der Waals surface area contributed by atoms with Gasteiger partial charge in [-0.2, -0.15) is 0 Å². The molecule has 0 spiro atoms. The van der Waals surface area contributed by atoms with Crippen molar-refractivity contribution in [1.29, 1.82) is 0 Å². The third kappa shape index (κ3) is 5.83. The highest BCUT2D eigenvalue weighted by Gasteiger charge is 2.16. The van der Waals surface area contributed by atoms with Gasteiger partial charge in [0.2, 0.25) is 0 Å². The van der Waals surface area contributed by atoms with Crippen molar-refractivity contribution in [3.8, 4) is 0 Å². The molecule has 2 amide bonds. The van der Waals surface area contributed by atoms with Gasteiger partial charge in [-0.25, -0.2) is 4.79 Å². The van der Waals surface area contributed by atoms with Crippen LogP contribution >= 0.6 is 11.6 Å². The summed E-state index contributed by atoms with van der Waals surface area (Å²) in [6, 6.07) is 7.55. The quantitative estimate of drug-likeness (QED) is 0.840. The van der Waals surface area contributed by atoms with Gasteiger partial charge in [0, 0.05) is 24.7 Å². The first kappa shape index (κ1) is 16.8. The van der Waals surface area contributed by atoms with Crippen LogP contribution in [-0.2, 0) is 6.54 Å². The number of benzene rings is 1. The van der Waals surface area contributed by atoms with E-state index in [0.29, 0.717) is 23.4 Å². The number of nitrogens with one attached hydrogen (secondary N) is 1. The average Bonchev–Trinajstić information content (AvgIpc) is 2.35. The largest absolute Gasteiger partial charge is 0.334 e. The van der Waals surface area contributed by atoms with Crippen LogP contribution in [0.15, 0.2) is 24.3 Å². The Kier molecular flexibility index (Phi) is 6.86. The van der Waals surface area contributed by atoms with Crippen molar-refractivity contribution in [2.45, 2.75) is 34.2 Å². The molecule has 0 unspecified atom stereocenters. The zero-order valence-electron chi connectivity index (χ0n) is 12.8. The summed E-state index contributed by atoms with van der Waals surface area (Å²) < 4.78 is 0. The van der Waals surface area contributed by atoms with Gasteiger partial charge < -0.3 is 10.2 Å². The summed E-state index contributed by atoms with van der Waals surface area (Å²) in [5, 5.41) is 3.64. The molecule has 1 rings (SSSR count). The highest BCUT2D eigenvalue weighted by atomic mass is 35.5. The van der Waals surface area contributed by atoms with E-state index in [1.165, 1.54) is 0 Å². The fourth-order valence-electron chi connectivity index (χ4n) is 2.05. The van der Waals surface area contributed by atoms with Gasteiger partial charge in [0.15, 0.2) is 0 Å². The van der Waals surface area contributed by atoms with Crippen LogP contribution in [-0.4, -0.2) is 24.0 Å². The summed E-state index contributed by atoms with van der Waals surface area (Å²) in [5.41, 5.74) is 0.941. The van der Waals surface area contributed by atoms with Gasteiger partial charge in [-0.05, 0) is 23.5 Å². The van der Waals surface area contributed by atoms with Crippen molar-refractivity contribution >= 4 is 17.6 Å². The fraction of sp³-hybridized carbons (Fsp3) is 0.562. The molecular formula is C16H25ClN2O. The number of carbonyl (C=O) groups excluding carboxylic acids is 1. The maximum Gasteiger partial charge on any atom is 0.317 e. The summed E-state index contributed by atoms with van der Waals surface area (Å²) in [5.74, 6) is 0.916. The second-order valence-electron chi connectivity index (χ2n) is 5.94. The first-order valence-corrected chi connectivity index (χ1v) is 7.54. The zero-order valence-corrected chi connectivity index (χ0v) is 13.6. The van der Waals surface area contributed by atoms with Crippen LogP contribution < -0.4 is 5.32 Å². The van der Waals surface area contributed by atoms with Gasteiger partial charge in [0.25, 0.3) is 0 Å². The number of urea groups is 1. The van der Waals surface area contributed by atoms with Crippen molar-refractivity contribution in [2.24, 2.45) is 11.8 Å². The van der Waals surface area contributed by atoms with E-state index in [9.17, 15) is 4.79 Å². The molecule has 20 heavy (non-hydrogen) atoms. The normalized spacial score (nSPS) is 10.9. The van der Waals surface area contributed by atoms with E-state index in [-0.39, 0.29) is 6.03 Å². The zero-order chi connectivity index (χ0) is 15.1. The number of halogens is 1. The molecule has 0 bridgehead atoms. The molecule has 0 aliphatic rings. The maximum absolute atomic E-state index is 12.3. The fourth-order valence-corrected chi connectivity index (χ4v) is 2.25. The van der Waals surface area contributed by atoms with Gasteiger partial charge >= 0.3 is 6.03 Å². The lowest BCUT2D eigenvalue weighted by atomic mass is 10.1. The summed E-state index contributed by atoms with van der Waals surface area (Å²) >= 11 is 6.09. The number of nitrogens with zero attached hydrogens (tertiary/aromatic N) is 1. The predicted octanol–water partition coefficient (Wildman–Crippen LogP) is 4.16. The van der Waals surface area contributed by atoms with Gasteiger partial charge in [0.1, 0.15) is 0 Å². The molecule has 1 aromatic rings. The third-order valence-corrected chi connectivity index (χ3v) is 3.21. The first-order valence-electron chi connectivity index (χ1n) is 7.16. The topological polar surface area (TPSA) is 32.3 Å². The Morgan fingerprint density at radius 1 is 1.15 bits per heavy atom. The Labute approximate surface area is 127 Å². The van der Waals surface area contributed by atoms with Crippen LogP contribution in [0.4, 0.5) is 4.79 Å². The van der Waals surface area contributed by atoms with Gasteiger partial charge in [-0.1, -0.05) is 57.5 Å². The molecule has 1 N–H and O–H groups in total. The molecule has 0 fully saturated rings. The Hall–Kier alpha value is -1.22. The number of amides is 2. The molecule has 0 aliphatic carbocycles. The number of hydrogen-bond acceptors (Lipinski definition) is 1. The molecule has 0 saturated heterocycles. The summed E-state index contributed by atoms with van der Waals surface area (Å²) in [6.45, 7) is 10.5. The summed E-state index contributed by atoms with van der Waals surface area (Å²) in [6.07, 6.45) is 0. The van der Waals surface area contributed by atoms with E-state index >= 15 is 0 Å². The van der Waals surface area contributed by atoms with Crippen molar-refractivity contribution in [1.82, 2.24) is 10.2 Å². The van der Waals surface area contributed by atoms with Crippen molar-refractivity contribution in [3.63, 3.8) is 0 Å². The minimum Gasteiger partial charge on any atom is -0.334 e. The van der Waals surface area contributed by atoms with E-state index < -0.39 is 0 Å². The number of hydrogen-bond donors (Lipinski definition) is 1. The van der Waals surface area contributed by atoms with E-state index in [1.54, 1.807) is 0 Å². The predicted molar refractivity (Wildman–Crippen MR) is 84.9 cm³/mol. The Balaban J connectivity index is 2.59. The molecule has 1 aromatic carbocycles. The Bertz CT molecular complexity index is 422. The highest BCUT2D eigenvalue weighted by molar-refractivity contribution is 6.31. The second kappa shape index (κ2) is 8.15. The van der Waals surface area contributed by atoms with Gasteiger partial charge in [0.05, 0.1) is 0 Å². The van der Waals surface area contributed by atoms with E-state index in [1.807, 2.05) is 29.2 Å². The maximum atomic E-state index is 12.3. The molecule has 4 heteroatoms. The number of carbonyl (C=O) groups is 1. The summed E-state index contributed by atoms with van der Waals surface area (Å²) in [4.78, 5) is 14.2. The Morgan fingerprint density at radius 2 is 1.70 bits per heavy atom. The lowest BCUT2D eigenvalue weighted by Crippen LogP contribution is -2.43. The average molecular weight is 297 g/mol. The molecule has 0 aliphatic heterocycles. The van der Waals surface area contributed by atoms with E-state index in [2.05, 4.69) is 33.0 Å². The second-order valence-corrected chi connectivity index (χ2v) is 6.35. The Morgan fingerprint density at radius 3 is 2.20 bits per heavy atom. The van der Waals surface area contributed by atoms with Crippen molar-refractivity contribution < 1.29 is 4.79 Å². The monoisotopic (exact) mass is 296 g/mol. The van der Waals surface area contributed by atoms with Crippen LogP contribution in [0.1, 0.15) is 33.3 Å². The molecule has 0 radical (unpaired) electrons. The molecule has 0 aromatic heterocycles. The third-order valence-electron chi connectivity index (χ3n) is 2.85. The molecular weight excluding hydrogens is 272 g/mol. The lowest BCUT2D eigenvalue weighted by molar-refractivity contribution is 0.183. The van der Waals surface area contributed by atoms with Crippen LogP contribution in [0, 0.1) is 11.8 Å². The van der Waals surface area contributed by atoms with Crippen LogP contribution in [0.25, 0.3) is 0 Å². The van der Waals surface area contributed by atoms with Gasteiger partial charge in [-0.15, -0.1) is 0 Å². The molecule has 0 saturated carbocycles. The minimum atomic E-state index is -0.0210. The van der Waals surface area contributed by atoms with Gasteiger partial charge in [-0.3, -0.25) is 0 Å². The SMILES string of the molecule is CC(C)CN(CC(C)C)C(=O)NCc1ccccc1Cl. The van der Waals surface area contributed by atoms with Crippen molar-refractivity contribution in [3.05, 3.63) is 34.9 Å². The van der Waals surface area contributed by atoms with Crippen molar-refractivity contribution in [2.75, 3.05) is 13.1 Å².